The number of nitrogens with one attached hydrogen (secondary N) is 1. The van der Waals surface area contributed by atoms with Crippen molar-refractivity contribution in [3.63, 3.8) is 0 Å². The number of halogens is 1. The second kappa shape index (κ2) is 4.88. The van der Waals surface area contributed by atoms with Crippen LogP contribution in [0.1, 0.15) is 31.7 Å². The molecule has 2 unspecified atom stereocenters. The standard InChI is InChI=1S/C12H20BrN3/c1-4-16-11(12(13)9(3)15-16)7-14-6-10-5-8(10)2/h8,10,14H,4-7H2,1-3H3. The Morgan fingerprint density at radius 2 is 2.25 bits per heavy atom. The quantitative estimate of drug-likeness (QED) is 0.902. The average Bonchev–Trinajstić information content (AvgIpc) is 2.89. The molecule has 1 aromatic rings. The van der Waals surface area contributed by atoms with Crippen molar-refractivity contribution in [1.29, 1.82) is 0 Å². The Balaban J connectivity index is 1.92. The first-order chi connectivity index (χ1) is 7.63. The van der Waals surface area contributed by atoms with E-state index in [0.29, 0.717) is 0 Å². The van der Waals surface area contributed by atoms with Crippen molar-refractivity contribution in [2.24, 2.45) is 11.8 Å². The summed E-state index contributed by atoms with van der Waals surface area (Å²) in [5.41, 5.74) is 2.35. The van der Waals surface area contributed by atoms with E-state index in [-0.39, 0.29) is 0 Å². The number of rotatable bonds is 5. The van der Waals surface area contributed by atoms with Gasteiger partial charge in [0.15, 0.2) is 0 Å². The highest BCUT2D eigenvalue weighted by Crippen LogP contribution is 2.36. The third-order valence-corrected chi connectivity index (χ3v) is 4.46. The molecule has 1 saturated carbocycles. The number of aryl methyl sites for hydroxylation is 2. The lowest BCUT2D eigenvalue weighted by atomic mass is 10.3. The molecule has 0 bridgehead atoms. The van der Waals surface area contributed by atoms with E-state index in [0.717, 1.165) is 41.6 Å². The Hall–Kier alpha value is -0.350. The fraction of sp³-hybridized carbons (Fsp3) is 0.750. The molecular weight excluding hydrogens is 266 g/mol. The molecule has 2 rings (SSSR count). The lowest BCUT2D eigenvalue weighted by Gasteiger charge is -2.07. The van der Waals surface area contributed by atoms with Crippen LogP contribution in [0.2, 0.25) is 0 Å². The van der Waals surface area contributed by atoms with Gasteiger partial charge in [0.05, 0.1) is 15.9 Å². The maximum absolute atomic E-state index is 4.49. The second-order valence-electron chi connectivity index (χ2n) is 4.77. The molecular formula is C12H20BrN3. The first-order valence-corrected chi connectivity index (χ1v) is 6.85. The van der Waals surface area contributed by atoms with E-state index in [1.807, 2.05) is 6.92 Å². The smallest absolute Gasteiger partial charge is 0.0739 e. The van der Waals surface area contributed by atoms with Crippen molar-refractivity contribution in [2.45, 2.75) is 40.3 Å². The van der Waals surface area contributed by atoms with E-state index < -0.39 is 0 Å². The molecule has 1 aromatic heterocycles. The Labute approximate surface area is 106 Å². The van der Waals surface area contributed by atoms with Gasteiger partial charge in [-0.15, -0.1) is 0 Å². The minimum absolute atomic E-state index is 0.901. The van der Waals surface area contributed by atoms with Gasteiger partial charge in [0.1, 0.15) is 0 Å². The summed E-state index contributed by atoms with van der Waals surface area (Å²) in [7, 11) is 0. The van der Waals surface area contributed by atoms with Gasteiger partial charge in [0.2, 0.25) is 0 Å². The van der Waals surface area contributed by atoms with E-state index in [1.165, 1.54) is 12.1 Å². The zero-order chi connectivity index (χ0) is 11.7. The molecule has 1 N–H and O–H groups in total. The summed E-state index contributed by atoms with van der Waals surface area (Å²) in [6.45, 7) is 9.49. The molecule has 16 heavy (non-hydrogen) atoms. The van der Waals surface area contributed by atoms with Crippen molar-refractivity contribution < 1.29 is 0 Å². The molecule has 1 aliphatic rings. The maximum atomic E-state index is 4.49. The molecule has 1 fully saturated rings. The average molecular weight is 286 g/mol. The van der Waals surface area contributed by atoms with E-state index in [1.54, 1.807) is 0 Å². The van der Waals surface area contributed by atoms with Crippen molar-refractivity contribution in [2.75, 3.05) is 6.54 Å². The molecule has 4 heteroatoms. The molecule has 0 aliphatic heterocycles. The summed E-state index contributed by atoms with van der Waals surface area (Å²) < 4.78 is 3.23. The summed E-state index contributed by atoms with van der Waals surface area (Å²) in [6.07, 6.45) is 1.39. The van der Waals surface area contributed by atoms with Crippen molar-refractivity contribution in [3.05, 3.63) is 15.9 Å². The summed E-state index contributed by atoms with van der Waals surface area (Å²) in [4.78, 5) is 0. The molecule has 3 nitrogen and oxygen atoms in total. The minimum Gasteiger partial charge on any atom is -0.311 e. The first-order valence-electron chi connectivity index (χ1n) is 6.06. The van der Waals surface area contributed by atoms with Crippen LogP contribution >= 0.6 is 15.9 Å². The van der Waals surface area contributed by atoms with Crippen LogP contribution < -0.4 is 5.32 Å². The molecule has 1 heterocycles. The highest BCUT2D eigenvalue weighted by atomic mass is 79.9. The lowest BCUT2D eigenvalue weighted by molar-refractivity contribution is 0.556. The van der Waals surface area contributed by atoms with Crippen LogP contribution in [-0.4, -0.2) is 16.3 Å². The fourth-order valence-corrected chi connectivity index (χ4v) is 2.52. The van der Waals surface area contributed by atoms with Crippen LogP contribution in [0.3, 0.4) is 0 Å². The normalized spacial score (nSPS) is 23.8. The summed E-state index contributed by atoms with van der Waals surface area (Å²) in [5, 5.41) is 8.02. The van der Waals surface area contributed by atoms with Gasteiger partial charge in [-0.05, 0) is 54.6 Å². The third-order valence-electron chi connectivity index (χ3n) is 3.43. The maximum Gasteiger partial charge on any atom is 0.0739 e. The largest absolute Gasteiger partial charge is 0.311 e. The predicted molar refractivity (Wildman–Crippen MR) is 69.3 cm³/mol. The molecule has 0 saturated heterocycles. The van der Waals surface area contributed by atoms with Gasteiger partial charge >= 0.3 is 0 Å². The van der Waals surface area contributed by atoms with Crippen LogP contribution in [0.4, 0.5) is 0 Å². The molecule has 90 valence electrons. The van der Waals surface area contributed by atoms with Crippen LogP contribution in [0.25, 0.3) is 0 Å². The van der Waals surface area contributed by atoms with E-state index in [4.69, 9.17) is 0 Å². The Morgan fingerprint density at radius 3 is 2.81 bits per heavy atom. The molecule has 0 aromatic carbocycles. The van der Waals surface area contributed by atoms with Gasteiger partial charge in [-0.25, -0.2) is 0 Å². The van der Waals surface area contributed by atoms with Crippen molar-refractivity contribution in [3.8, 4) is 0 Å². The number of aromatic nitrogens is 2. The molecule has 0 radical (unpaired) electrons. The summed E-state index contributed by atoms with van der Waals surface area (Å²) in [5.74, 6) is 1.83. The molecule has 1 aliphatic carbocycles. The fourth-order valence-electron chi connectivity index (χ4n) is 2.10. The number of hydrogen-bond acceptors (Lipinski definition) is 2. The Morgan fingerprint density at radius 1 is 1.56 bits per heavy atom. The van der Waals surface area contributed by atoms with Gasteiger partial charge < -0.3 is 5.32 Å². The number of nitrogens with zero attached hydrogens (tertiary/aromatic N) is 2. The molecule has 0 spiro atoms. The lowest BCUT2D eigenvalue weighted by Crippen LogP contribution is -2.19. The molecule has 2 atom stereocenters. The Kier molecular flexibility index (Phi) is 3.70. The van der Waals surface area contributed by atoms with E-state index in [9.17, 15) is 0 Å². The highest BCUT2D eigenvalue weighted by Gasteiger charge is 2.31. The summed E-state index contributed by atoms with van der Waals surface area (Å²) in [6, 6.07) is 0. The van der Waals surface area contributed by atoms with Gasteiger partial charge in [0.25, 0.3) is 0 Å². The highest BCUT2D eigenvalue weighted by molar-refractivity contribution is 9.10. The summed E-state index contributed by atoms with van der Waals surface area (Å²) >= 11 is 3.61. The van der Waals surface area contributed by atoms with Crippen LogP contribution in [-0.2, 0) is 13.1 Å². The van der Waals surface area contributed by atoms with Crippen LogP contribution in [0.5, 0.6) is 0 Å². The van der Waals surface area contributed by atoms with E-state index >= 15 is 0 Å². The third kappa shape index (κ3) is 2.48. The van der Waals surface area contributed by atoms with Gasteiger partial charge in [-0.1, -0.05) is 6.92 Å². The van der Waals surface area contributed by atoms with Crippen molar-refractivity contribution >= 4 is 15.9 Å². The van der Waals surface area contributed by atoms with Crippen LogP contribution in [0.15, 0.2) is 4.47 Å². The second-order valence-corrected chi connectivity index (χ2v) is 5.56. The zero-order valence-corrected chi connectivity index (χ0v) is 11.8. The Bertz CT molecular complexity index is 373. The number of hydrogen-bond donors (Lipinski definition) is 1. The van der Waals surface area contributed by atoms with Crippen LogP contribution in [0, 0.1) is 18.8 Å². The van der Waals surface area contributed by atoms with Gasteiger partial charge in [-0.3, -0.25) is 4.68 Å². The van der Waals surface area contributed by atoms with Crippen molar-refractivity contribution in [1.82, 2.24) is 15.1 Å². The van der Waals surface area contributed by atoms with E-state index in [2.05, 4.69) is 44.9 Å². The minimum atomic E-state index is 0.901. The SMILES string of the molecule is CCn1nc(C)c(Br)c1CNCC1CC1C. The topological polar surface area (TPSA) is 29.9 Å². The molecule has 0 amide bonds. The van der Waals surface area contributed by atoms with Gasteiger partial charge in [0, 0.05) is 13.1 Å². The van der Waals surface area contributed by atoms with Gasteiger partial charge in [-0.2, -0.15) is 5.10 Å². The zero-order valence-electron chi connectivity index (χ0n) is 10.3. The first kappa shape index (κ1) is 12.1. The predicted octanol–water partition coefficient (Wildman–Crippen LogP) is 2.72. The monoisotopic (exact) mass is 285 g/mol.